The van der Waals surface area contributed by atoms with Crippen molar-refractivity contribution in [2.24, 2.45) is 9.98 Å². The molecule has 0 amide bonds. The fourth-order valence-corrected chi connectivity index (χ4v) is 2.31. The molecule has 0 atom stereocenters. The van der Waals surface area contributed by atoms with E-state index >= 15 is 0 Å². The molecule has 22 heavy (non-hydrogen) atoms. The highest BCUT2D eigenvalue weighted by atomic mass is 14.8. The van der Waals surface area contributed by atoms with Gasteiger partial charge in [-0.25, -0.2) is 0 Å². The van der Waals surface area contributed by atoms with Crippen molar-refractivity contribution in [1.82, 2.24) is 0 Å². The van der Waals surface area contributed by atoms with Crippen LogP contribution in [0.15, 0.2) is 58.5 Å². The minimum absolute atomic E-state index is 0.963. The van der Waals surface area contributed by atoms with Crippen molar-refractivity contribution in [2.75, 3.05) is 0 Å². The van der Waals surface area contributed by atoms with Crippen LogP contribution in [-0.2, 0) is 12.8 Å². The third kappa shape index (κ3) is 5.28. The van der Waals surface area contributed by atoms with Crippen molar-refractivity contribution in [3.8, 4) is 0 Å². The lowest BCUT2D eigenvalue weighted by molar-refractivity contribution is 0.922. The lowest BCUT2D eigenvalue weighted by Crippen LogP contribution is -1.82. The summed E-state index contributed by atoms with van der Waals surface area (Å²) in [6, 6.07) is 16.8. The first-order chi connectivity index (χ1) is 10.8. The van der Waals surface area contributed by atoms with Crippen molar-refractivity contribution in [2.45, 2.75) is 39.5 Å². The van der Waals surface area contributed by atoms with Crippen LogP contribution in [0.2, 0.25) is 0 Å². The first-order valence-corrected chi connectivity index (χ1v) is 8.06. The van der Waals surface area contributed by atoms with Gasteiger partial charge in [-0.1, -0.05) is 51.0 Å². The van der Waals surface area contributed by atoms with Crippen LogP contribution in [0.3, 0.4) is 0 Å². The Bertz CT molecular complexity index is 550. The maximum absolute atomic E-state index is 4.40. The van der Waals surface area contributed by atoms with Crippen LogP contribution in [0.25, 0.3) is 0 Å². The van der Waals surface area contributed by atoms with Crippen molar-refractivity contribution >= 4 is 23.8 Å². The van der Waals surface area contributed by atoms with E-state index in [-0.39, 0.29) is 0 Å². The van der Waals surface area contributed by atoms with Gasteiger partial charge in [-0.15, -0.1) is 0 Å². The van der Waals surface area contributed by atoms with Crippen molar-refractivity contribution in [3.63, 3.8) is 0 Å². The van der Waals surface area contributed by atoms with Gasteiger partial charge in [0.1, 0.15) is 0 Å². The van der Waals surface area contributed by atoms with Crippen molar-refractivity contribution in [1.29, 1.82) is 0 Å². The summed E-state index contributed by atoms with van der Waals surface area (Å²) >= 11 is 0. The normalized spacial score (nSPS) is 11.5. The van der Waals surface area contributed by atoms with E-state index in [1.54, 1.807) is 12.4 Å². The predicted octanol–water partition coefficient (Wildman–Crippen LogP) is 5.70. The fourth-order valence-electron chi connectivity index (χ4n) is 2.31. The van der Waals surface area contributed by atoms with Gasteiger partial charge >= 0.3 is 0 Å². The molecule has 0 fully saturated rings. The number of hydrogen-bond donors (Lipinski definition) is 0. The number of benzene rings is 2. The summed E-state index contributed by atoms with van der Waals surface area (Å²) < 4.78 is 0. The van der Waals surface area contributed by atoms with E-state index in [0.717, 1.165) is 24.2 Å². The van der Waals surface area contributed by atoms with Crippen LogP contribution in [0, 0.1) is 0 Å². The van der Waals surface area contributed by atoms with Crippen molar-refractivity contribution in [3.05, 3.63) is 59.7 Å². The lowest BCUT2D eigenvalue weighted by atomic mass is 10.1. The van der Waals surface area contributed by atoms with Gasteiger partial charge in [0.15, 0.2) is 0 Å². The molecule has 0 heterocycles. The Balaban J connectivity index is 1.90. The van der Waals surface area contributed by atoms with Gasteiger partial charge in [0.25, 0.3) is 0 Å². The molecule has 0 spiro atoms. The van der Waals surface area contributed by atoms with E-state index in [1.807, 2.05) is 0 Å². The number of aliphatic imine (C=N–C) groups is 2. The molecule has 2 rings (SSSR count). The first kappa shape index (κ1) is 16.2. The zero-order valence-electron chi connectivity index (χ0n) is 13.5. The molecule has 0 aliphatic rings. The van der Waals surface area contributed by atoms with Crippen LogP contribution in [0.1, 0.15) is 37.8 Å². The zero-order chi connectivity index (χ0) is 15.6. The summed E-state index contributed by atoms with van der Waals surface area (Å²) in [5, 5.41) is 0. The summed E-state index contributed by atoms with van der Waals surface area (Å²) in [4.78, 5) is 8.79. The maximum Gasteiger partial charge on any atom is 0.0630 e. The Morgan fingerprint density at radius 2 is 1.00 bits per heavy atom. The standard InChI is InChI=1S/C20H24N2/c1-3-5-17-7-11-19(12-8-17)21-15-16-22-20-13-9-18(6-4-2)10-14-20/h7-16H,3-6H2,1-2H3. The van der Waals surface area contributed by atoms with E-state index in [0.29, 0.717) is 0 Å². The Morgan fingerprint density at radius 1 is 0.636 bits per heavy atom. The summed E-state index contributed by atoms with van der Waals surface area (Å²) in [6.45, 7) is 4.38. The Morgan fingerprint density at radius 3 is 1.32 bits per heavy atom. The van der Waals surface area contributed by atoms with Crippen molar-refractivity contribution < 1.29 is 0 Å². The second-order valence-electron chi connectivity index (χ2n) is 5.39. The maximum atomic E-state index is 4.40. The molecule has 0 aromatic heterocycles. The van der Waals surface area contributed by atoms with Crippen LogP contribution < -0.4 is 0 Å². The summed E-state index contributed by atoms with van der Waals surface area (Å²) in [7, 11) is 0. The van der Waals surface area contributed by atoms with Gasteiger partial charge in [0.2, 0.25) is 0 Å². The number of hydrogen-bond acceptors (Lipinski definition) is 2. The fraction of sp³-hybridized carbons (Fsp3) is 0.300. The SMILES string of the molecule is CCCc1ccc(N=CC=Nc2ccc(CCC)cc2)cc1. The highest BCUT2D eigenvalue weighted by Gasteiger charge is 1.92. The molecule has 2 heteroatoms. The van der Waals surface area contributed by atoms with E-state index in [2.05, 4.69) is 72.4 Å². The molecule has 2 aromatic carbocycles. The second kappa shape index (κ2) is 8.93. The van der Waals surface area contributed by atoms with E-state index < -0.39 is 0 Å². The zero-order valence-corrected chi connectivity index (χ0v) is 13.5. The Kier molecular flexibility index (Phi) is 6.56. The monoisotopic (exact) mass is 292 g/mol. The number of rotatable bonds is 7. The molecule has 0 aliphatic heterocycles. The molecule has 2 aromatic rings. The molecule has 2 nitrogen and oxygen atoms in total. The van der Waals surface area contributed by atoms with Gasteiger partial charge in [-0.05, 0) is 48.2 Å². The molecule has 0 saturated heterocycles. The van der Waals surface area contributed by atoms with Gasteiger partial charge in [-0.2, -0.15) is 0 Å². The molecule has 0 aliphatic carbocycles. The van der Waals surface area contributed by atoms with Crippen LogP contribution in [0.5, 0.6) is 0 Å². The van der Waals surface area contributed by atoms with Crippen LogP contribution in [-0.4, -0.2) is 12.4 Å². The largest absolute Gasteiger partial charge is 0.255 e. The minimum Gasteiger partial charge on any atom is -0.255 e. The topological polar surface area (TPSA) is 24.7 Å². The average Bonchev–Trinajstić information content (AvgIpc) is 2.55. The van der Waals surface area contributed by atoms with Gasteiger partial charge in [-0.3, -0.25) is 9.98 Å². The summed E-state index contributed by atoms with van der Waals surface area (Å²) in [5.74, 6) is 0. The molecule has 0 N–H and O–H groups in total. The van der Waals surface area contributed by atoms with Crippen LogP contribution in [0.4, 0.5) is 11.4 Å². The summed E-state index contributed by atoms with van der Waals surface area (Å²) in [5.41, 5.74) is 4.65. The number of aryl methyl sites for hydroxylation is 2. The molecular formula is C20H24N2. The number of nitrogens with zero attached hydrogens (tertiary/aromatic N) is 2. The minimum atomic E-state index is 0.963. The van der Waals surface area contributed by atoms with E-state index in [1.165, 1.54) is 24.0 Å². The Hall–Kier alpha value is -2.22. The quantitative estimate of drug-likeness (QED) is 0.585. The molecular weight excluding hydrogens is 268 g/mol. The van der Waals surface area contributed by atoms with Gasteiger partial charge in [0, 0.05) is 12.4 Å². The smallest absolute Gasteiger partial charge is 0.0630 e. The molecule has 0 radical (unpaired) electrons. The molecule has 0 saturated carbocycles. The van der Waals surface area contributed by atoms with Gasteiger partial charge < -0.3 is 0 Å². The van der Waals surface area contributed by atoms with E-state index in [4.69, 9.17) is 0 Å². The summed E-state index contributed by atoms with van der Waals surface area (Å²) in [6.07, 6.45) is 8.08. The third-order valence-corrected chi connectivity index (χ3v) is 3.46. The highest BCUT2D eigenvalue weighted by Crippen LogP contribution is 2.15. The average molecular weight is 292 g/mol. The highest BCUT2D eigenvalue weighted by molar-refractivity contribution is 6.17. The molecule has 0 unspecified atom stereocenters. The van der Waals surface area contributed by atoms with Gasteiger partial charge in [0.05, 0.1) is 11.4 Å². The second-order valence-corrected chi connectivity index (χ2v) is 5.39. The molecule has 0 bridgehead atoms. The lowest BCUT2D eigenvalue weighted by Gasteiger charge is -1.98. The first-order valence-electron chi connectivity index (χ1n) is 8.06. The van der Waals surface area contributed by atoms with Crippen LogP contribution >= 0.6 is 0 Å². The van der Waals surface area contributed by atoms with E-state index in [9.17, 15) is 0 Å². The third-order valence-electron chi connectivity index (χ3n) is 3.46. The Labute approximate surface area is 133 Å². The predicted molar refractivity (Wildman–Crippen MR) is 97.2 cm³/mol. The molecule has 114 valence electrons.